The first-order chi connectivity index (χ1) is 14.2. The Morgan fingerprint density at radius 3 is 2.83 bits per heavy atom. The SMILES string of the molecule is CCNC(=NCc1cccc(OC2CCCCC2)c1)NCCCN1CCCC1=O. The molecule has 2 fully saturated rings. The summed E-state index contributed by atoms with van der Waals surface area (Å²) in [7, 11) is 0. The van der Waals surface area contributed by atoms with E-state index in [-0.39, 0.29) is 0 Å². The van der Waals surface area contributed by atoms with E-state index in [4.69, 9.17) is 9.73 Å². The predicted molar refractivity (Wildman–Crippen MR) is 117 cm³/mol. The lowest BCUT2D eigenvalue weighted by Crippen LogP contribution is -2.39. The van der Waals surface area contributed by atoms with Crippen LogP contribution in [0.4, 0.5) is 0 Å². The van der Waals surface area contributed by atoms with Gasteiger partial charge in [-0.05, 0) is 63.1 Å². The molecule has 0 unspecified atom stereocenters. The maximum atomic E-state index is 11.7. The van der Waals surface area contributed by atoms with Crippen molar-refractivity contribution in [1.82, 2.24) is 15.5 Å². The van der Waals surface area contributed by atoms with Gasteiger partial charge in [-0.15, -0.1) is 0 Å². The van der Waals surface area contributed by atoms with E-state index in [0.717, 1.165) is 56.3 Å². The van der Waals surface area contributed by atoms with Crippen molar-refractivity contribution in [1.29, 1.82) is 0 Å². The van der Waals surface area contributed by atoms with Crippen LogP contribution in [0, 0.1) is 0 Å². The van der Waals surface area contributed by atoms with Crippen LogP contribution in [0.2, 0.25) is 0 Å². The zero-order valence-corrected chi connectivity index (χ0v) is 17.8. The number of benzene rings is 1. The number of nitrogens with zero attached hydrogens (tertiary/aromatic N) is 2. The molecule has 6 heteroatoms. The molecule has 1 heterocycles. The molecule has 6 nitrogen and oxygen atoms in total. The van der Waals surface area contributed by atoms with Crippen LogP contribution in [0.1, 0.15) is 63.9 Å². The maximum Gasteiger partial charge on any atom is 0.222 e. The van der Waals surface area contributed by atoms with Crippen LogP contribution < -0.4 is 15.4 Å². The lowest BCUT2D eigenvalue weighted by atomic mass is 9.98. The Hall–Kier alpha value is -2.24. The largest absolute Gasteiger partial charge is 0.490 e. The Balaban J connectivity index is 1.45. The zero-order chi connectivity index (χ0) is 20.3. The molecule has 29 heavy (non-hydrogen) atoms. The number of hydrogen-bond acceptors (Lipinski definition) is 3. The molecule has 2 N–H and O–H groups in total. The van der Waals surface area contributed by atoms with E-state index in [0.29, 0.717) is 25.0 Å². The molecule has 1 aromatic rings. The van der Waals surface area contributed by atoms with Crippen molar-refractivity contribution in [2.75, 3.05) is 26.2 Å². The third kappa shape index (κ3) is 7.26. The van der Waals surface area contributed by atoms with Gasteiger partial charge >= 0.3 is 0 Å². The molecule has 1 aliphatic carbocycles. The highest BCUT2D eigenvalue weighted by molar-refractivity contribution is 5.79. The summed E-state index contributed by atoms with van der Waals surface area (Å²) in [6.45, 7) is 6.04. The molecule has 0 bridgehead atoms. The van der Waals surface area contributed by atoms with Gasteiger partial charge in [0.05, 0.1) is 12.6 Å². The summed E-state index contributed by atoms with van der Waals surface area (Å²) in [6, 6.07) is 8.31. The molecule has 0 spiro atoms. The fraction of sp³-hybridized carbons (Fsp3) is 0.652. The summed E-state index contributed by atoms with van der Waals surface area (Å²) in [5.74, 6) is 2.07. The van der Waals surface area contributed by atoms with Crippen molar-refractivity contribution in [2.24, 2.45) is 4.99 Å². The molecule has 0 aromatic heterocycles. The van der Waals surface area contributed by atoms with Gasteiger partial charge in [0.1, 0.15) is 5.75 Å². The minimum atomic E-state index is 0.293. The number of carbonyl (C=O) groups excluding carboxylic acids is 1. The van der Waals surface area contributed by atoms with Crippen molar-refractivity contribution in [3.63, 3.8) is 0 Å². The molecule has 1 saturated carbocycles. The Morgan fingerprint density at radius 2 is 2.07 bits per heavy atom. The van der Waals surface area contributed by atoms with Crippen molar-refractivity contribution in [3.8, 4) is 5.75 Å². The summed E-state index contributed by atoms with van der Waals surface area (Å²) in [4.78, 5) is 18.4. The van der Waals surface area contributed by atoms with Gasteiger partial charge in [-0.2, -0.15) is 0 Å². The molecular formula is C23H36N4O2. The van der Waals surface area contributed by atoms with Crippen LogP contribution in [0.15, 0.2) is 29.3 Å². The van der Waals surface area contributed by atoms with E-state index in [1.807, 2.05) is 11.0 Å². The first-order valence-electron chi connectivity index (χ1n) is 11.3. The first-order valence-corrected chi connectivity index (χ1v) is 11.3. The van der Waals surface area contributed by atoms with Gasteiger partial charge in [-0.1, -0.05) is 18.6 Å². The van der Waals surface area contributed by atoms with E-state index in [1.165, 1.54) is 32.1 Å². The van der Waals surface area contributed by atoms with Crippen LogP contribution in [0.5, 0.6) is 5.75 Å². The van der Waals surface area contributed by atoms with Gasteiger partial charge in [-0.3, -0.25) is 4.79 Å². The molecule has 1 amide bonds. The summed E-state index contributed by atoms with van der Waals surface area (Å²) in [6.07, 6.45) is 9.23. The normalized spacial score (nSPS) is 18.2. The minimum absolute atomic E-state index is 0.293. The molecular weight excluding hydrogens is 364 g/mol. The Kier molecular flexibility index (Phi) is 8.65. The number of amides is 1. The minimum Gasteiger partial charge on any atom is -0.490 e. The van der Waals surface area contributed by atoms with Crippen molar-refractivity contribution < 1.29 is 9.53 Å². The molecule has 1 saturated heterocycles. The van der Waals surface area contributed by atoms with Gasteiger partial charge in [-0.25, -0.2) is 4.99 Å². The van der Waals surface area contributed by atoms with Crippen LogP contribution in [0.3, 0.4) is 0 Å². The Labute approximate surface area is 175 Å². The van der Waals surface area contributed by atoms with Gasteiger partial charge in [0.25, 0.3) is 0 Å². The Bertz CT molecular complexity index is 671. The summed E-state index contributed by atoms with van der Waals surface area (Å²) in [5, 5.41) is 6.68. The van der Waals surface area contributed by atoms with Gasteiger partial charge in [0.2, 0.25) is 5.91 Å². The molecule has 2 aliphatic rings. The lowest BCUT2D eigenvalue weighted by Gasteiger charge is -2.23. The number of likely N-dealkylation sites (tertiary alicyclic amines) is 1. The summed E-state index contributed by atoms with van der Waals surface area (Å²) >= 11 is 0. The zero-order valence-electron chi connectivity index (χ0n) is 17.8. The lowest BCUT2D eigenvalue weighted by molar-refractivity contribution is -0.127. The highest BCUT2D eigenvalue weighted by atomic mass is 16.5. The smallest absolute Gasteiger partial charge is 0.222 e. The number of guanidine groups is 1. The topological polar surface area (TPSA) is 66.0 Å². The van der Waals surface area contributed by atoms with E-state index >= 15 is 0 Å². The van der Waals surface area contributed by atoms with E-state index in [2.05, 4.69) is 35.8 Å². The third-order valence-electron chi connectivity index (χ3n) is 5.59. The van der Waals surface area contributed by atoms with Crippen LogP contribution >= 0.6 is 0 Å². The standard InChI is InChI=1S/C23H36N4O2/c1-2-24-23(25-14-8-16-27-15-7-13-22(27)28)26-18-19-9-6-12-21(17-19)29-20-10-4-3-5-11-20/h6,9,12,17,20H,2-5,7-8,10-11,13-16,18H2,1H3,(H2,24,25,26). The number of rotatable bonds is 9. The average molecular weight is 401 g/mol. The summed E-state index contributed by atoms with van der Waals surface area (Å²) in [5.41, 5.74) is 1.15. The van der Waals surface area contributed by atoms with Crippen molar-refractivity contribution in [2.45, 2.75) is 70.9 Å². The molecule has 160 valence electrons. The average Bonchev–Trinajstić information content (AvgIpc) is 3.15. The van der Waals surface area contributed by atoms with Crippen LogP contribution in [0.25, 0.3) is 0 Å². The van der Waals surface area contributed by atoms with E-state index in [1.54, 1.807) is 0 Å². The Morgan fingerprint density at radius 1 is 1.21 bits per heavy atom. The fourth-order valence-corrected chi connectivity index (χ4v) is 4.02. The molecule has 0 radical (unpaired) electrons. The van der Waals surface area contributed by atoms with E-state index < -0.39 is 0 Å². The van der Waals surface area contributed by atoms with Gasteiger partial charge in [0, 0.05) is 32.6 Å². The number of nitrogens with one attached hydrogen (secondary N) is 2. The second-order valence-corrected chi connectivity index (χ2v) is 7.99. The highest BCUT2D eigenvalue weighted by Gasteiger charge is 2.19. The third-order valence-corrected chi connectivity index (χ3v) is 5.59. The predicted octanol–water partition coefficient (Wildman–Crippen LogP) is 3.47. The van der Waals surface area contributed by atoms with Gasteiger partial charge in [0.15, 0.2) is 5.96 Å². The quantitative estimate of drug-likeness (QED) is 0.378. The van der Waals surface area contributed by atoms with Crippen molar-refractivity contribution in [3.05, 3.63) is 29.8 Å². The van der Waals surface area contributed by atoms with Crippen LogP contribution in [-0.2, 0) is 11.3 Å². The summed E-state index contributed by atoms with van der Waals surface area (Å²) < 4.78 is 6.18. The van der Waals surface area contributed by atoms with Crippen molar-refractivity contribution >= 4 is 11.9 Å². The molecule has 1 aromatic carbocycles. The van der Waals surface area contributed by atoms with Gasteiger partial charge < -0.3 is 20.3 Å². The molecule has 0 atom stereocenters. The fourth-order valence-electron chi connectivity index (χ4n) is 4.02. The number of ether oxygens (including phenoxy) is 1. The second kappa shape index (κ2) is 11.7. The number of hydrogen-bond donors (Lipinski definition) is 2. The highest BCUT2D eigenvalue weighted by Crippen LogP contribution is 2.24. The monoisotopic (exact) mass is 400 g/mol. The number of aliphatic imine (C=N–C) groups is 1. The van der Waals surface area contributed by atoms with Crippen LogP contribution in [-0.4, -0.2) is 49.0 Å². The maximum absolute atomic E-state index is 11.7. The first kappa shape index (κ1) is 21.5. The molecule has 3 rings (SSSR count). The molecule has 1 aliphatic heterocycles. The van der Waals surface area contributed by atoms with E-state index in [9.17, 15) is 4.79 Å². The second-order valence-electron chi connectivity index (χ2n) is 7.99. The number of carbonyl (C=O) groups is 1.